The van der Waals surface area contributed by atoms with Gasteiger partial charge in [0.1, 0.15) is 11.6 Å². The number of nitrogens with one attached hydrogen (secondary N) is 1. The molecule has 1 saturated heterocycles. The van der Waals surface area contributed by atoms with E-state index in [-0.39, 0.29) is 18.4 Å². The third-order valence-corrected chi connectivity index (χ3v) is 4.52. The Labute approximate surface area is 159 Å². The molecule has 26 heavy (non-hydrogen) atoms. The number of aliphatic hydroxyl groups is 1. The fourth-order valence-electron chi connectivity index (χ4n) is 2.84. The van der Waals surface area contributed by atoms with Crippen molar-refractivity contribution < 1.29 is 19.4 Å². The zero-order valence-corrected chi connectivity index (χ0v) is 16.3. The topological polar surface area (TPSA) is 78.9 Å². The fourth-order valence-corrected chi connectivity index (χ4v) is 3.05. The van der Waals surface area contributed by atoms with E-state index in [9.17, 15) is 14.7 Å². The molecule has 1 fully saturated rings. The molecular formula is C19H27ClN2O4. The maximum Gasteiger partial charge on any atom is 0.408 e. The Kier molecular flexibility index (Phi) is 6.89. The zero-order chi connectivity index (χ0) is 19.3. The molecule has 1 heterocycles. The van der Waals surface area contributed by atoms with E-state index in [1.165, 1.54) is 0 Å². The van der Waals surface area contributed by atoms with Gasteiger partial charge in [0, 0.05) is 24.5 Å². The van der Waals surface area contributed by atoms with Gasteiger partial charge in [0.15, 0.2) is 0 Å². The molecule has 1 atom stereocenters. The molecule has 2 rings (SSSR count). The van der Waals surface area contributed by atoms with Crippen molar-refractivity contribution in [3.63, 3.8) is 0 Å². The Hall–Kier alpha value is -1.79. The maximum atomic E-state index is 13.0. The van der Waals surface area contributed by atoms with E-state index >= 15 is 0 Å². The molecule has 0 radical (unpaired) electrons. The number of alkyl carbamates (subject to hydrolysis) is 1. The van der Waals surface area contributed by atoms with Crippen LogP contribution >= 0.6 is 11.6 Å². The number of ether oxygens (including phenoxy) is 1. The zero-order valence-electron chi connectivity index (χ0n) is 15.5. The van der Waals surface area contributed by atoms with Gasteiger partial charge in [-0.1, -0.05) is 29.8 Å². The van der Waals surface area contributed by atoms with Gasteiger partial charge in [-0.15, -0.1) is 0 Å². The lowest BCUT2D eigenvalue weighted by Gasteiger charge is -2.33. The first kappa shape index (κ1) is 20.5. The smallest absolute Gasteiger partial charge is 0.408 e. The van der Waals surface area contributed by atoms with Gasteiger partial charge in [-0.3, -0.25) is 4.79 Å². The Morgan fingerprint density at radius 3 is 2.50 bits per heavy atom. The van der Waals surface area contributed by atoms with Crippen LogP contribution < -0.4 is 5.32 Å². The van der Waals surface area contributed by atoms with E-state index in [0.29, 0.717) is 31.0 Å². The van der Waals surface area contributed by atoms with Crippen LogP contribution in [0.2, 0.25) is 5.02 Å². The van der Waals surface area contributed by atoms with Gasteiger partial charge in [0.2, 0.25) is 5.91 Å². The number of hydrogen-bond acceptors (Lipinski definition) is 4. The summed E-state index contributed by atoms with van der Waals surface area (Å²) in [6, 6.07) is 6.46. The first-order valence-electron chi connectivity index (χ1n) is 8.85. The number of halogens is 1. The van der Waals surface area contributed by atoms with Crippen LogP contribution in [0.5, 0.6) is 0 Å². The number of carbonyl (C=O) groups is 2. The summed E-state index contributed by atoms with van der Waals surface area (Å²) in [7, 11) is 0. The molecule has 0 aliphatic carbocycles. The third kappa shape index (κ3) is 6.18. The lowest BCUT2D eigenvalue weighted by molar-refractivity contribution is -0.135. The monoisotopic (exact) mass is 382 g/mol. The fraction of sp³-hybridized carbons (Fsp3) is 0.579. The van der Waals surface area contributed by atoms with Crippen molar-refractivity contribution in [1.29, 1.82) is 0 Å². The third-order valence-electron chi connectivity index (χ3n) is 4.15. The number of nitrogens with zero attached hydrogens (tertiary/aromatic N) is 1. The summed E-state index contributed by atoms with van der Waals surface area (Å²) < 4.78 is 5.30. The van der Waals surface area contributed by atoms with Crippen LogP contribution in [0, 0.1) is 0 Å². The number of piperidine rings is 1. The standard InChI is InChI=1S/C19H27ClN2O4/c1-19(2,3)26-18(25)21-16(12-13-6-4-5-7-15(13)20)17(24)22-10-8-14(23)9-11-22/h4-7,14,16,23H,8-12H2,1-3H3,(H,21,25). The molecule has 0 bridgehead atoms. The number of likely N-dealkylation sites (tertiary alicyclic amines) is 1. The molecular weight excluding hydrogens is 356 g/mol. The number of hydrogen-bond donors (Lipinski definition) is 2. The molecule has 2 N–H and O–H groups in total. The van der Waals surface area contributed by atoms with Crippen LogP contribution in [-0.4, -0.2) is 52.8 Å². The normalized spacial score (nSPS) is 16.9. The molecule has 0 aromatic heterocycles. The molecule has 0 saturated carbocycles. The lowest BCUT2D eigenvalue weighted by Crippen LogP contribution is -2.52. The van der Waals surface area contributed by atoms with Crippen LogP contribution in [0.25, 0.3) is 0 Å². The van der Waals surface area contributed by atoms with Gasteiger partial charge in [-0.25, -0.2) is 4.79 Å². The molecule has 144 valence electrons. The van der Waals surface area contributed by atoms with E-state index in [1.54, 1.807) is 31.7 Å². The predicted molar refractivity (Wildman–Crippen MR) is 100 cm³/mol. The Morgan fingerprint density at radius 2 is 1.92 bits per heavy atom. The van der Waals surface area contributed by atoms with E-state index in [2.05, 4.69) is 5.32 Å². The second-order valence-electron chi connectivity index (χ2n) is 7.55. The Balaban J connectivity index is 2.13. The number of rotatable bonds is 4. The first-order valence-corrected chi connectivity index (χ1v) is 9.23. The Bertz CT molecular complexity index is 637. The van der Waals surface area contributed by atoms with Gasteiger partial charge in [-0.2, -0.15) is 0 Å². The van der Waals surface area contributed by atoms with Crippen molar-refractivity contribution in [1.82, 2.24) is 10.2 Å². The van der Waals surface area contributed by atoms with E-state index < -0.39 is 17.7 Å². The van der Waals surface area contributed by atoms with Gasteiger partial charge in [0.25, 0.3) is 0 Å². The van der Waals surface area contributed by atoms with Crippen molar-refractivity contribution >= 4 is 23.6 Å². The second kappa shape index (κ2) is 8.73. The minimum absolute atomic E-state index is 0.192. The summed E-state index contributed by atoms with van der Waals surface area (Å²) in [5.74, 6) is -0.192. The van der Waals surface area contributed by atoms with Gasteiger partial charge >= 0.3 is 6.09 Å². The first-order chi connectivity index (χ1) is 12.2. The summed E-state index contributed by atoms with van der Waals surface area (Å²) in [6.07, 6.45) is 0.338. The largest absolute Gasteiger partial charge is 0.444 e. The van der Waals surface area contributed by atoms with Crippen molar-refractivity contribution in [3.05, 3.63) is 34.9 Å². The van der Waals surface area contributed by atoms with E-state index in [4.69, 9.17) is 16.3 Å². The lowest BCUT2D eigenvalue weighted by atomic mass is 10.0. The highest BCUT2D eigenvalue weighted by Gasteiger charge is 2.30. The average Bonchev–Trinajstić information content (AvgIpc) is 2.54. The van der Waals surface area contributed by atoms with Crippen molar-refractivity contribution in [2.75, 3.05) is 13.1 Å². The minimum atomic E-state index is -0.778. The van der Waals surface area contributed by atoms with Crippen LogP contribution in [-0.2, 0) is 16.0 Å². The number of aliphatic hydroxyl groups excluding tert-OH is 1. The van der Waals surface area contributed by atoms with Crippen molar-refractivity contribution in [2.45, 2.75) is 57.8 Å². The molecule has 1 aliphatic heterocycles. The number of carbonyl (C=O) groups excluding carboxylic acids is 2. The molecule has 6 nitrogen and oxygen atoms in total. The van der Waals surface area contributed by atoms with Crippen LogP contribution in [0.15, 0.2) is 24.3 Å². The highest BCUT2D eigenvalue weighted by Crippen LogP contribution is 2.19. The molecule has 2 amide bonds. The predicted octanol–water partition coefficient (Wildman–Crippen LogP) is 2.76. The number of amides is 2. The Morgan fingerprint density at radius 1 is 1.31 bits per heavy atom. The SMILES string of the molecule is CC(C)(C)OC(=O)NC(Cc1ccccc1Cl)C(=O)N1CCC(O)CC1. The van der Waals surface area contributed by atoms with E-state index in [0.717, 1.165) is 5.56 Å². The average molecular weight is 383 g/mol. The summed E-state index contributed by atoms with van der Waals surface area (Å²) in [5.41, 5.74) is 0.123. The molecule has 1 aliphatic rings. The second-order valence-corrected chi connectivity index (χ2v) is 7.96. The maximum absolute atomic E-state index is 13.0. The molecule has 1 aromatic carbocycles. The van der Waals surface area contributed by atoms with Crippen LogP contribution in [0.4, 0.5) is 4.79 Å². The van der Waals surface area contributed by atoms with Crippen LogP contribution in [0.1, 0.15) is 39.2 Å². The van der Waals surface area contributed by atoms with Crippen molar-refractivity contribution in [2.24, 2.45) is 0 Å². The molecule has 1 unspecified atom stereocenters. The van der Waals surface area contributed by atoms with Gasteiger partial charge in [0.05, 0.1) is 6.10 Å². The van der Waals surface area contributed by atoms with E-state index in [1.807, 2.05) is 18.2 Å². The van der Waals surface area contributed by atoms with Gasteiger partial charge in [-0.05, 0) is 45.2 Å². The summed E-state index contributed by atoms with van der Waals surface area (Å²) in [4.78, 5) is 26.8. The number of benzene rings is 1. The minimum Gasteiger partial charge on any atom is -0.444 e. The summed E-state index contributed by atoms with van der Waals surface area (Å²) >= 11 is 6.22. The van der Waals surface area contributed by atoms with Crippen LogP contribution in [0.3, 0.4) is 0 Å². The van der Waals surface area contributed by atoms with Gasteiger partial charge < -0.3 is 20.1 Å². The highest BCUT2D eigenvalue weighted by atomic mass is 35.5. The molecule has 7 heteroatoms. The molecule has 1 aromatic rings. The summed E-state index contributed by atoms with van der Waals surface area (Å²) in [5, 5.41) is 12.9. The quantitative estimate of drug-likeness (QED) is 0.839. The molecule has 0 spiro atoms. The van der Waals surface area contributed by atoms with Crippen molar-refractivity contribution in [3.8, 4) is 0 Å². The highest BCUT2D eigenvalue weighted by molar-refractivity contribution is 6.31. The summed E-state index contributed by atoms with van der Waals surface area (Å²) in [6.45, 7) is 6.24.